The average Bonchev–Trinajstić information content (AvgIpc) is 2.57. The Labute approximate surface area is 88.5 Å². The van der Waals surface area contributed by atoms with Crippen LogP contribution in [-0.4, -0.2) is 9.55 Å². The summed E-state index contributed by atoms with van der Waals surface area (Å²) in [6, 6.07) is 4.78. The Morgan fingerprint density at radius 2 is 2.21 bits per heavy atom. The van der Waals surface area contributed by atoms with Gasteiger partial charge in [0, 0.05) is 12.4 Å². The molecule has 2 rings (SSSR count). The second-order valence-corrected chi connectivity index (χ2v) is 3.61. The first kappa shape index (κ1) is 9.21. The molecule has 14 heavy (non-hydrogen) atoms. The van der Waals surface area contributed by atoms with E-state index in [4.69, 9.17) is 5.73 Å². The molecule has 1 aromatic carbocycles. The Balaban J connectivity index is 2.53. The summed E-state index contributed by atoms with van der Waals surface area (Å²) in [4.78, 5) is 3.85. The standard InChI is InChI=1S/C9H7BrFN3/c10-7-2-1-6(5-8(7)11)14-4-3-13-9(14)12/h1-5H,(H2,12,13). The van der Waals surface area contributed by atoms with Crippen LogP contribution in [0, 0.1) is 5.82 Å². The number of nitrogens with zero attached hydrogens (tertiary/aromatic N) is 2. The van der Waals surface area contributed by atoms with E-state index < -0.39 is 0 Å². The lowest BCUT2D eigenvalue weighted by atomic mass is 10.3. The summed E-state index contributed by atoms with van der Waals surface area (Å²) in [6.45, 7) is 0. The summed E-state index contributed by atoms with van der Waals surface area (Å²) < 4.78 is 15.2. The van der Waals surface area contributed by atoms with Crippen LogP contribution in [0.3, 0.4) is 0 Å². The van der Waals surface area contributed by atoms with Gasteiger partial charge < -0.3 is 5.73 Å². The first-order chi connectivity index (χ1) is 6.68. The van der Waals surface area contributed by atoms with Gasteiger partial charge in [0.2, 0.25) is 5.95 Å². The first-order valence-corrected chi connectivity index (χ1v) is 4.72. The molecule has 1 heterocycles. The molecule has 0 atom stereocenters. The van der Waals surface area contributed by atoms with Gasteiger partial charge in [0.05, 0.1) is 10.2 Å². The van der Waals surface area contributed by atoms with Crippen molar-refractivity contribution < 1.29 is 4.39 Å². The predicted octanol–water partition coefficient (Wildman–Crippen LogP) is 2.36. The number of aromatic nitrogens is 2. The summed E-state index contributed by atoms with van der Waals surface area (Å²) in [5, 5.41) is 0. The number of rotatable bonds is 1. The lowest BCUT2D eigenvalue weighted by Crippen LogP contribution is -1.99. The Morgan fingerprint density at radius 3 is 2.79 bits per heavy atom. The summed E-state index contributed by atoms with van der Waals surface area (Å²) >= 11 is 3.08. The van der Waals surface area contributed by atoms with Crippen LogP contribution in [0.2, 0.25) is 0 Å². The van der Waals surface area contributed by atoms with Crippen LogP contribution in [-0.2, 0) is 0 Å². The minimum absolute atomic E-state index is 0.324. The fraction of sp³-hybridized carbons (Fsp3) is 0. The Morgan fingerprint density at radius 1 is 1.43 bits per heavy atom. The average molecular weight is 256 g/mol. The van der Waals surface area contributed by atoms with Crippen LogP contribution in [0.4, 0.5) is 10.3 Å². The molecule has 2 N–H and O–H groups in total. The maximum atomic E-state index is 13.2. The van der Waals surface area contributed by atoms with Crippen molar-refractivity contribution in [2.75, 3.05) is 5.73 Å². The van der Waals surface area contributed by atoms with Crippen molar-refractivity contribution in [2.24, 2.45) is 0 Å². The molecule has 72 valence electrons. The van der Waals surface area contributed by atoms with Crippen LogP contribution < -0.4 is 5.73 Å². The molecule has 0 amide bonds. The van der Waals surface area contributed by atoms with Gasteiger partial charge in [-0.05, 0) is 34.1 Å². The highest BCUT2D eigenvalue weighted by atomic mass is 79.9. The molecule has 1 aromatic heterocycles. The third kappa shape index (κ3) is 1.50. The van der Waals surface area contributed by atoms with E-state index in [1.165, 1.54) is 6.07 Å². The topological polar surface area (TPSA) is 43.8 Å². The number of hydrogen-bond donors (Lipinski definition) is 1. The summed E-state index contributed by atoms with van der Waals surface area (Å²) in [5.74, 6) is 0.0160. The molecule has 0 aliphatic rings. The van der Waals surface area contributed by atoms with Crippen LogP contribution in [0.1, 0.15) is 0 Å². The van der Waals surface area contributed by atoms with Gasteiger partial charge in [-0.15, -0.1) is 0 Å². The Kier molecular flexibility index (Phi) is 2.25. The van der Waals surface area contributed by atoms with Gasteiger partial charge in [-0.25, -0.2) is 9.37 Å². The smallest absolute Gasteiger partial charge is 0.204 e. The maximum absolute atomic E-state index is 13.2. The van der Waals surface area contributed by atoms with Gasteiger partial charge in [0.15, 0.2) is 0 Å². The van der Waals surface area contributed by atoms with Crippen molar-refractivity contribution in [1.29, 1.82) is 0 Å². The van der Waals surface area contributed by atoms with Gasteiger partial charge in [-0.2, -0.15) is 0 Å². The molecule has 0 radical (unpaired) electrons. The molecule has 0 bridgehead atoms. The predicted molar refractivity (Wildman–Crippen MR) is 55.6 cm³/mol. The van der Waals surface area contributed by atoms with E-state index in [2.05, 4.69) is 20.9 Å². The molecule has 0 aliphatic heterocycles. The minimum atomic E-state index is -0.324. The molecule has 0 unspecified atom stereocenters. The number of anilines is 1. The van der Waals surface area contributed by atoms with Gasteiger partial charge in [-0.1, -0.05) is 0 Å². The number of nitrogen functional groups attached to an aromatic ring is 1. The van der Waals surface area contributed by atoms with Crippen molar-refractivity contribution in [2.45, 2.75) is 0 Å². The molecule has 0 saturated carbocycles. The van der Waals surface area contributed by atoms with Crippen LogP contribution in [0.15, 0.2) is 35.1 Å². The van der Waals surface area contributed by atoms with Crippen LogP contribution in [0.25, 0.3) is 5.69 Å². The second kappa shape index (κ2) is 3.42. The van der Waals surface area contributed by atoms with E-state index in [9.17, 15) is 4.39 Å². The molecule has 0 saturated heterocycles. The molecule has 2 aromatic rings. The third-order valence-electron chi connectivity index (χ3n) is 1.85. The summed E-state index contributed by atoms with van der Waals surface area (Å²) in [7, 11) is 0. The lowest BCUT2D eigenvalue weighted by Gasteiger charge is -2.04. The van der Waals surface area contributed by atoms with E-state index in [1.807, 2.05) is 0 Å². The van der Waals surface area contributed by atoms with E-state index >= 15 is 0 Å². The van der Waals surface area contributed by atoms with Crippen molar-refractivity contribution in [3.63, 3.8) is 0 Å². The molecular weight excluding hydrogens is 249 g/mol. The molecule has 0 spiro atoms. The molecular formula is C9H7BrFN3. The monoisotopic (exact) mass is 255 g/mol. The fourth-order valence-corrected chi connectivity index (χ4v) is 1.41. The van der Waals surface area contributed by atoms with Crippen molar-refractivity contribution >= 4 is 21.9 Å². The third-order valence-corrected chi connectivity index (χ3v) is 2.49. The summed E-state index contributed by atoms with van der Waals surface area (Å²) in [5.41, 5.74) is 6.23. The van der Waals surface area contributed by atoms with Crippen molar-refractivity contribution in [3.05, 3.63) is 40.9 Å². The zero-order valence-electron chi connectivity index (χ0n) is 7.11. The normalized spacial score (nSPS) is 10.4. The van der Waals surface area contributed by atoms with Crippen LogP contribution in [0.5, 0.6) is 0 Å². The lowest BCUT2D eigenvalue weighted by molar-refractivity contribution is 0.620. The minimum Gasteiger partial charge on any atom is -0.369 e. The molecule has 0 fully saturated rings. The highest BCUT2D eigenvalue weighted by Gasteiger charge is 2.04. The highest BCUT2D eigenvalue weighted by Crippen LogP contribution is 2.20. The van der Waals surface area contributed by atoms with Crippen molar-refractivity contribution in [3.8, 4) is 5.69 Å². The van der Waals surface area contributed by atoms with Gasteiger partial charge in [-0.3, -0.25) is 4.57 Å². The molecule has 5 heteroatoms. The quantitative estimate of drug-likeness (QED) is 0.851. The number of nitrogens with two attached hydrogens (primary N) is 1. The maximum Gasteiger partial charge on any atom is 0.204 e. The number of hydrogen-bond acceptors (Lipinski definition) is 2. The number of halogens is 2. The fourth-order valence-electron chi connectivity index (χ4n) is 1.17. The summed E-state index contributed by atoms with van der Waals surface area (Å²) in [6.07, 6.45) is 3.24. The molecule has 0 aliphatic carbocycles. The Hall–Kier alpha value is -1.36. The van der Waals surface area contributed by atoms with Crippen LogP contribution >= 0.6 is 15.9 Å². The number of imidazole rings is 1. The van der Waals surface area contributed by atoms with Crippen molar-refractivity contribution in [1.82, 2.24) is 9.55 Å². The second-order valence-electron chi connectivity index (χ2n) is 2.75. The van der Waals surface area contributed by atoms with E-state index in [-0.39, 0.29) is 5.82 Å². The highest BCUT2D eigenvalue weighted by molar-refractivity contribution is 9.10. The van der Waals surface area contributed by atoms with Gasteiger partial charge >= 0.3 is 0 Å². The zero-order valence-corrected chi connectivity index (χ0v) is 8.70. The van der Waals surface area contributed by atoms with Gasteiger partial charge in [0.1, 0.15) is 5.82 Å². The zero-order chi connectivity index (χ0) is 10.1. The largest absolute Gasteiger partial charge is 0.369 e. The first-order valence-electron chi connectivity index (χ1n) is 3.93. The van der Waals surface area contributed by atoms with Gasteiger partial charge in [0.25, 0.3) is 0 Å². The number of benzene rings is 1. The Bertz CT molecular complexity index is 467. The van der Waals surface area contributed by atoms with E-state index in [0.29, 0.717) is 16.1 Å². The SMILES string of the molecule is Nc1nccn1-c1ccc(Br)c(F)c1. The molecule has 3 nitrogen and oxygen atoms in total. The van der Waals surface area contributed by atoms with E-state index in [1.54, 1.807) is 29.1 Å². The van der Waals surface area contributed by atoms with E-state index in [0.717, 1.165) is 0 Å².